The van der Waals surface area contributed by atoms with Crippen LogP contribution in [0.1, 0.15) is 34.8 Å². The highest BCUT2D eigenvalue weighted by atomic mass is 19.1. The number of nitrogens with one attached hydrogen (secondary N) is 2. The molecular weight excluding hydrogens is 491 g/mol. The molecule has 1 saturated heterocycles. The Kier molecular flexibility index (Phi) is 6.82. The standard InChI is InChI=1S/C27H25FN6O4/c1-16(35)22-13-33(23-3-2-17(7-21(22)23)6-18-10-29-15-30-11-18)14-26(37)34-12-19(28)8-24(34)27(38)32-25-9-20(36)4-5-31-25/h2-5,7,9-11,13,15,19,24H,6,8,12,14H2,1H3,(H2,31,32,36,38)/t19-,24+/m1/s1. The molecule has 4 aromatic rings. The summed E-state index contributed by atoms with van der Waals surface area (Å²) in [5.41, 5.74) is 2.71. The Labute approximate surface area is 216 Å². The number of carbonyl (C=O) groups is 3. The Morgan fingerprint density at radius 3 is 2.66 bits per heavy atom. The third-order valence-electron chi connectivity index (χ3n) is 6.56. The van der Waals surface area contributed by atoms with Crippen molar-refractivity contribution < 1.29 is 18.8 Å². The zero-order valence-corrected chi connectivity index (χ0v) is 20.6. The van der Waals surface area contributed by atoms with Crippen molar-refractivity contribution in [1.82, 2.24) is 24.4 Å². The molecule has 0 aliphatic carbocycles. The lowest BCUT2D eigenvalue weighted by molar-refractivity contribution is -0.137. The molecule has 1 aliphatic heterocycles. The van der Waals surface area contributed by atoms with Gasteiger partial charge in [0.25, 0.3) is 0 Å². The third-order valence-corrected chi connectivity index (χ3v) is 6.56. The van der Waals surface area contributed by atoms with Gasteiger partial charge in [0.05, 0.1) is 6.54 Å². The van der Waals surface area contributed by atoms with E-state index in [1.807, 2.05) is 18.2 Å². The number of pyridine rings is 1. The topological polar surface area (TPSA) is 130 Å². The Morgan fingerprint density at radius 1 is 1.13 bits per heavy atom. The van der Waals surface area contributed by atoms with Crippen molar-refractivity contribution in [3.63, 3.8) is 0 Å². The number of aromatic amines is 1. The van der Waals surface area contributed by atoms with E-state index in [2.05, 4.69) is 20.3 Å². The zero-order chi connectivity index (χ0) is 26.8. The molecule has 1 fully saturated rings. The highest BCUT2D eigenvalue weighted by molar-refractivity contribution is 6.07. The molecule has 194 valence electrons. The number of aromatic nitrogens is 4. The largest absolute Gasteiger partial charge is 0.348 e. The minimum atomic E-state index is -1.36. The molecule has 1 aromatic carbocycles. The molecule has 0 spiro atoms. The number of amides is 2. The van der Waals surface area contributed by atoms with Crippen LogP contribution in [0.15, 0.2) is 66.2 Å². The van der Waals surface area contributed by atoms with E-state index < -0.39 is 24.0 Å². The van der Waals surface area contributed by atoms with Gasteiger partial charge in [0, 0.05) is 66.2 Å². The van der Waals surface area contributed by atoms with Gasteiger partial charge in [-0.3, -0.25) is 19.2 Å². The quantitative estimate of drug-likeness (QED) is 0.363. The van der Waals surface area contributed by atoms with Crippen molar-refractivity contribution >= 4 is 34.3 Å². The Balaban J connectivity index is 1.38. The summed E-state index contributed by atoms with van der Waals surface area (Å²) >= 11 is 0. The van der Waals surface area contributed by atoms with Gasteiger partial charge in [0.1, 0.15) is 30.9 Å². The Bertz CT molecular complexity index is 1580. The van der Waals surface area contributed by atoms with Gasteiger partial charge in [-0.15, -0.1) is 0 Å². The number of anilines is 1. The van der Waals surface area contributed by atoms with Crippen molar-refractivity contribution in [2.75, 3.05) is 11.9 Å². The molecule has 0 radical (unpaired) electrons. The molecule has 1 aliphatic rings. The summed E-state index contributed by atoms with van der Waals surface area (Å²) in [7, 11) is 0. The third kappa shape index (κ3) is 5.22. The van der Waals surface area contributed by atoms with Crippen molar-refractivity contribution in [2.45, 2.75) is 38.5 Å². The van der Waals surface area contributed by atoms with E-state index in [9.17, 15) is 23.6 Å². The number of fused-ring (bicyclic) bond motifs is 1. The maximum atomic E-state index is 14.4. The number of hydrogen-bond donors (Lipinski definition) is 2. The zero-order valence-electron chi connectivity index (χ0n) is 20.6. The van der Waals surface area contributed by atoms with Crippen LogP contribution in [0.5, 0.6) is 0 Å². The summed E-state index contributed by atoms with van der Waals surface area (Å²) in [6.45, 7) is 1.07. The minimum Gasteiger partial charge on any atom is -0.348 e. The smallest absolute Gasteiger partial charge is 0.248 e. The molecule has 0 bridgehead atoms. The summed E-state index contributed by atoms with van der Waals surface area (Å²) < 4.78 is 16.0. The first-order valence-electron chi connectivity index (χ1n) is 12.1. The molecule has 38 heavy (non-hydrogen) atoms. The molecule has 3 aromatic heterocycles. The number of ketones is 1. The van der Waals surface area contributed by atoms with Gasteiger partial charge < -0.3 is 19.8 Å². The molecule has 0 saturated carbocycles. The van der Waals surface area contributed by atoms with Gasteiger partial charge in [-0.1, -0.05) is 6.07 Å². The lowest BCUT2D eigenvalue weighted by Gasteiger charge is -2.24. The predicted molar refractivity (Wildman–Crippen MR) is 137 cm³/mol. The van der Waals surface area contributed by atoms with Crippen molar-refractivity contribution in [2.24, 2.45) is 0 Å². The Hall–Kier alpha value is -4.67. The van der Waals surface area contributed by atoms with Crippen LogP contribution in [-0.4, -0.2) is 60.8 Å². The van der Waals surface area contributed by atoms with Crippen LogP contribution in [0.2, 0.25) is 0 Å². The van der Waals surface area contributed by atoms with Crippen LogP contribution in [0, 0.1) is 0 Å². The summed E-state index contributed by atoms with van der Waals surface area (Å²) in [6.07, 6.45) is 6.98. The summed E-state index contributed by atoms with van der Waals surface area (Å²) in [5, 5.41) is 3.25. The van der Waals surface area contributed by atoms with Crippen molar-refractivity contribution in [3.8, 4) is 0 Å². The first-order valence-corrected chi connectivity index (χ1v) is 12.1. The summed E-state index contributed by atoms with van der Waals surface area (Å²) in [6, 6.07) is 7.13. The number of likely N-dealkylation sites (tertiary alicyclic amines) is 1. The first-order chi connectivity index (χ1) is 18.3. The lowest BCUT2D eigenvalue weighted by Crippen LogP contribution is -2.44. The average molecular weight is 517 g/mol. The number of halogens is 1. The normalized spacial score (nSPS) is 17.1. The number of H-pyrrole nitrogens is 1. The Morgan fingerprint density at radius 2 is 1.92 bits per heavy atom. The fraction of sp³-hybridized carbons (Fsp3) is 0.259. The van der Waals surface area contributed by atoms with Crippen molar-refractivity contribution in [3.05, 3.63) is 88.4 Å². The molecule has 4 heterocycles. The van der Waals surface area contributed by atoms with E-state index in [4.69, 9.17) is 0 Å². The van der Waals surface area contributed by atoms with E-state index in [1.165, 1.54) is 36.5 Å². The number of hydrogen-bond acceptors (Lipinski definition) is 6. The van der Waals surface area contributed by atoms with E-state index in [0.717, 1.165) is 11.1 Å². The molecule has 0 unspecified atom stereocenters. The molecular formula is C27H25FN6O4. The van der Waals surface area contributed by atoms with E-state index >= 15 is 0 Å². The molecule has 11 heteroatoms. The number of Topliss-reactive ketones (excluding diaryl/α,β-unsaturated/α-hetero) is 1. The second-order valence-corrected chi connectivity index (χ2v) is 9.32. The van der Waals surface area contributed by atoms with Gasteiger partial charge in [0.15, 0.2) is 11.2 Å². The SMILES string of the molecule is CC(=O)c1cn(CC(=O)N2C[C@H](F)C[C@H]2C(=O)Nc2cc(=O)cc[nH]2)c2ccc(Cc3cncnc3)cc12. The number of rotatable bonds is 7. The summed E-state index contributed by atoms with van der Waals surface area (Å²) in [4.78, 5) is 62.2. The predicted octanol–water partition coefficient (Wildman–Crippen LogP) is 2.49. The number of nitrogens with zero attached hydrogens (tertiary/aromatic N) is 4. The molecule has 2 amide bonds. The number of benzene rings is 1. The van der Waals surface area contributed by atoms with Crippen LogP contribution in [0.25, 0.3) is 10.9 Å². The fourth-order valence-electron chi connectivity index (χ4n) is 4.80. The maximum absolute atomic E-state index is 14.4. The van der Waals surface area contributed by atoms with Gasteiger partial charge in [-0.2, -0.15) is 0 Å². The van der Waals surface area contributed by atoms with Crippen LogP contribution in [-0.2, 0) is 22.6 Å². The molecule has 2 atom stereocenters. The highest BCUT2D eigenvalue weighted by Gasteiger charge is 2.40. The van der Waals surface area contributed by atoms with E-state index in [0.29, 0.717) is 22.9 Å². The van der Waals surface area contributed by atoms with Crippen LogP contribution in [0.3, 0.4) is 0 Å². The van der Waals surface area contributed by atoms with E-state index in [1.54, 1.807) is 23.2 Å². The van der Waals surface area contributed by atoms with Crippen LogP contribution in [0.4, 0.5) is 10.2 Å². The molecule has 2 N–H and O–H groups in total. The van der Waals surface area contributed by atoms with E-state index in [-0.39, 0.29) is 36.5 Å². The van der Waals surface area contributed by atoms with Gasteiger partial charge in [-0.05, 0) is 30.2 Å². The minimum absolute atomic E-state index is 0.147. The second kappa shape index (κ2) is 10.4. The molecule has 5 rings (SSSR count). The fourth-order valence-corrected chi connectivity index (χ4v) is 4.80. The monoisotopic (exact) mass is 516 g/mol. The van der Waals surface area contributed by atoms with Crippen molar-refractivity contribution in [1.29, 1.82) is 0 Å². The number of carbonyl (C=O) groups excluding carboxylic acids is 3. The van der Waals surface area contributed by atoms with Gasteiger partial charge >= 0.3 is 0 Å². The van der Waals surface area contributed by atoms with Gasteiger partial charge in [0.2, 0.25) is 11.8 Å². The highest BCUT2D eigenvalue weighted by Crippen LogP contribution is 2.27. The average Bonchev–Trinajstić information content (AvgIpc) is 3.45. The first kappa shape index (κ1) is 25.0. The molecule has 10 nitrogen and oxygen atoms in total. The van der Waals surface area contributed by atoms with Crippen LogP contribution < -0.4 is 10.7 Å². The lowest BCUT2D eigenvalue weighted by atomic mass is 10.0. The summed E-state index contributed by atoms with van der Waals surface area (Å²) in [5.74, 6) is -1.03. The second-order valence-electron chi connectivity index (χ2n) is 9.32. The van der Waals surface area contributed by atoms with Gasteiger partial charge in [-0.25, -0.2) is 14.4 Å². The number of alkyl halides is 1. The van der Waals surface area contributed by atoms with Crippen LogP contribution >= 0.6 is 0 Å². The maximum Gasteiger partial charge on any atom is 0.248 e.